The molecule has 116 valence electrons. The lowest BCUT2D eigenvalue weighted by Crippen LogP contribution is -2.29. The van der Waals surface area contributed by atoms with Crippen molar-refractivity contribution in [2.24, 2.45) is 0 Å². The highest BCUT2D eigenvalue weighted by atomic mass is 16.5. The SMILES string of the molecule is COc1cccc(CCNCC(=O)Nc2ccc(C)cc2)c1. The van der Waals surface area contributed by atoms with Crippen LogP contribution in [-0.2, 0) is 11.2 Å². The molecule has 0 bridgehead atoms. The number of carbonyl (C=O) groups is 1. The maximum Gasteiger partial charge on any atom is 0.238 e. The van der Waals surface area contributed by atoms with Gasteiger partial charge in [-0.3, -0.25) is 4.79 Å². The van der Waals surface area contributed by atoms with Crippen LogP contribution < -0.4 is 15.4 Å². The first-order valence-electron chi connectivity index (χ1n) is 7.37. The van der Waals surface area contributed by atoms with Crippen molar-refractivity contribution in [2.75, 3.05) is 25.5 Å². The summed E-state index contributed by atoms with van der Waals surface area (Å²) in [5.41, 5.74) is 3.19. The van der Waals surface area contributed by atoms with Crippen molar-refractivity contribution in [3.63, 3.8) is 0 Å². The van der Waals surface area contributed by atoms with Gasteiger partial charge in [-0.15, -0.1) is 0 Å². The van der Waals surface area contributed by atoms with Gasteiger partial charge in [-0.1, -0.05) is 29.8 Å². The molecule has 0 aliphatic rings. The molecule has 4 heteroatoms. The van der Waals surface area contributed by atoms with E-state index in [-0.39, 0.29) is 5.91 Å². The summed E-state index contributed by atoms with van der Waals surface area (Å²) in [7, 11) is 1.66. The molecule has 1 amide bonds. The van der Waals surface area contributed by atoms with E-state index >= 15 is 0 Å². The number of amides is 1. The molecule has 4 nitrogen and oxygen atoms in total. The van der Waals surface area contributed by atoms with Gasteiger partial charge in [0.2, 0.25) is 5.91 Å². The van der Waals surface area contributed by atoms with E-state index < -0.39 is 0 Å². The zero-order valence-electron chi connectivity index (χ0n) is 13.1. The molecule has 0 atom stereocenters. The van der Waals surface area contributed by atoms with E-state index in [1.165, 1.54) is 11.1 Å². The van der Waals surface area contributed by atoms with Gasteiger partial charge in [0.1, 0.15) is 5.75 Å². The van der Waals surface area contributed by atoms with E-state index in [1.807, 2.05) is 49.4 Å². The second kappa shape index (κ2) is 8.20. The average molecular weight is 298 g/mol. The summed E-state index contributed by atoms with van der Waals surface area (Å²) < 4.78 is 5.19. The normalized spacial score (nSPS) is 10.3. The Hall–Kier alpha value is -2.33. The quantitative estimate of drug-likeness (QED) is 0.773. The van der Waals surface area contributed by atoms with Crippen molar-refractivity contribution in [3.8, 4) is 5.75 Å². The van der Waals surface area contributed by atoms with Gasteiger partial charge >= 0.3 is 0 Å². The zero-order chi connectivity index (χ0) is 15.8. The Bertz CT molecular complexity index is 609. The smallest absolute Gasteiger partial charge is 0.238 e. The maximum absolute atomic E-state index is 11.8. The van der Waals surface area contributed by atoms with E-state index in [0.717, 1.165) is 24.4 Å². The Morgan fingerprint density at radius 1 is 1.14 bits per heavy atom. The number of hydrogen-bond acceptors (Lipinski definition) is 3. The average Bonchev–Trinajstić information content (AvgIpc) is 2.54. The Balaban J connectivity index is 1.69. The number of anilines is 1. The first-order chi connectivity index (χ1) is 10.7. The van der Waals surface area contributed by atoms with Gasteiger partial charge in [-0.2, -0.15) is 0 Å². The van der Waals surface area contributed by atoms with Crippen LogP contribution in [0.1, 0.15) is 11.1 Å². The minimum absolute atomic E-state index is 0.0329. The molecule has 0 unspecified atom stereocenters. The van der Waals surface area contributed by atoms with Crippen LogP contribution in [0.25, 0.3) is 0 Å². The molecule has 2 aromatic rings. The highest BCUT2D eigenvalue weighted by molar-refractivity contribution is 5.92. The fraction of sp³-hybridized carbons (Fsp3) is 0.278. The molecule has 0 radical (unpaired) electrons. The van der Waals surface area contributed by atoms with Crippen molar-refractivity contribution in [3.05, 3.63) is 59.7 Å². The zero-order valence-corrected chi connectivity index (χ0v) is 13.1. The molecule has 0 heterocycles. The van der Waals surface area contributed by atoms with E-state index in [1.54, 1.807) is 7.11 Å². The molecule has 22 heavy (non-hydrogen) atoms. The van der Waals surface area contributed by atoms with Crippen molar-refractivity contribution < 1.29 is 9.53 Å². The molecular weight excluding hydrogens is 276 g/mol. The highest BCUT2D eigenvalue weighted by Gasteiger charge is 2.02. The largest absolute Gasteiger partial charge is 0.497 e. The van der Waals surface area contributed by atoms with Crippen molar-refractivity contribution in [1.29, 1.82) is 0 Å². The number of benzene rings is 2. The Labute approximate surface area is 131 Å². The predicted molar refractivity (Wildman–Crippen MR) is 89.4 cm³/mol. The molecule has 2 aromatic carbocycles. The van der Waals surface area contributed by atoms with Crippen LogP contribution in [0.3, 0.4) is 0 Å². The first-order valence-corrected chi connectivity index (χ1v) is 7.37. The van der Waals surface area contributed by atoms with E-state index in [2.05, 4.69) is 16.7 Å². The van der Waals surface area contributed by atoms with Crippen LogP contribution in [0.15, 0.2) is 48.5 Å². The lowest BCUT2D eigenvalue weighted by molar-refractivity contribution is -0.115. The second-order valence-corrected chi connectivity index (χ2v) is 5.19. The molecular formula is C18H22N2O2. The Morgan fingerprint density at radius 2 is 1.91 bits per heavy atom. The van der Waals surface area contributed by atoms with Crippen LogP contribution in [0.5, 0.6) is 5.75 Å². The van der Waals surface area contributed by atoms with Gasteiger partial charge in [-0.05, 0) is 49.7 Å². The topological polar surface area (TPSA) is 50.4 Å². The molecule has 0 spiro atoms. The summed E-state index contributed by atoms with van der Waals surface area (Å²) in [6, 6.07) is 15.7. The minimum atomic E-state index is -0.0329. The van der Waals surface area contributed by atoms with Gasteiger partial charge in [0.05, 0.1) is 13.7 Å². The standard InChI is InChI=1S/C18H22N2O2/c1-14-6-8-16(9-7-14)20-18(21)13-19-11-10-15-4-3-5-17(12-15)22-2/h3-9,12,19H,10-11,13H2,1-2H3,(H,20,21). The third kappa shape index (κ3) is 5.22. The summed E-state index contributed by atoms with van der Waals surface area (Å²) >= 11 is 0. The summed E-state index contributed by atoms with van der Waals surface area (Å²) in [5.74, 6) is 0.823. The van der Waals surface area contributed by atoms with E-state index in [4.69, 9.17) is 4.74 Å². The monoisotopic (exact) mass is 298 g/mol. The number of ether oxygens (including phenoxy) is 1. The van der Waals surface area contributed by atoms with Crippen LogP contribution >= 0.6 is 0 Å². The molecule has 0 aromatic heterocycles. The van der Waals surface area contributed by atoms with Gasteiger partial charge in [0.25, 0.3) is 0 Å². The third-order valence-electron chi connectivity index (χ3n) is 3.35. The van der Waals surface area contributed by atoms with Gasteiger partial charge in [0, 0.05) is 5.69 Å². The number of methoxy groups -OCH3 is 1. The third-order valence-corrected chi connectivity index (χ3v) is 3.35. The number of hydrogen-bond donors (Lipinski definition) is 2. The van der Waals surface area contributed by atoms with Gasteiger partial charge in [0.15, 0.2) is 0 Å². The second-order valence-electron chi connectivity index (χ2n) is 5.19. The molecule has 0 fully saturated rings. The summed E-state index contributed by atoms with van der Waals surface area (Å²) in [6.07, 6.45) is 0.856. The summed E-state index contributed by atoms with van der Waals surface area (Å²) in [4.78, 5) is 11.8. The van der Waals surface area contributed by atoms with Crippen LogP contribution in [0.4, 0.5) is 5.69 Å². The van der Waals surface area contributed by atoms with Crippen molar-refractivity contribution in [1.82, 2.24) is 5.32 Å². The van der Waals surface area contributed by atoms with E-state index in [9.17, 15) is 4.79 Å². The van der Waals surface area contributed by atoms with Crippen molar-refractivity contribution >= 4 is 11.6 Å². The Kier molecular flexibility index (Phi) is 5.98. The molecule has 2 rings (SSSR count). The number of carbonyl (C=O) groups excluding carboxylic acids is 1. The number of nitrogens with one attached hydrogen (secondary N) is 2. The highest BCUT2D eigenvalue weighted by Crippen LogP contribution is 2.12. The summed E-state index contributed by atoms with van der Waals surface area (Å²) in [6.45, 7) is 3.07. The van der Waals surface area contributed by atoms with Gasteiger partial charge in [-0.25, -0.2) is 0 Å². The predicted octanol–water partition coefficient (Wildman–Crippen LogP) is 2.77. The number of aryl methyl sites for hydroxylation is 1. The molecule has 0 saturated carbocycles. The van der Waals surface area contributed by atoms with Crippen LogP contribution in [-0.4, -0.2) is 26.1 Å². The van der Waals surface area contributed by atoms with Gasteiger partial charge < -0.3 is 15.4 Å². The first kappa shape index (κ1) is 16.0. The fourth-order valence-corrected chi connectivity index (χ4v) is 2.10. The number of rotatable bonds is 7. The Morgan fingerprint density at radius 3 is 2.64 bits per heavy atom. The molecule has 0 aliphatic heterocycles. The lowest BCUT2D eigenvalue weighted by atomic mass is 10.1. The summed E-state index contributed by atoms with van der Waals surface area (Å²) in [5, 5.41) is 6.01. The van der Waals surface area contributed by atoms with Crippen LogP contribution in [0.2, 0.25) is 0 Å². The minimum Gasteiger partial charge on any atom is -0.497 e. The maximum atomic E-state index is 11.8. The van der Waals surface area contributed by atoms with Crippen LogP contribution in [0, 0.1) is 6.92 Å². The molecule has 2 N–H and O–H groups in total. The van der Waals surface area contributed by atoms with E-state index in [0.29, 0.717) is 6.54 Å². The fourth-order valence-electron chi connectivity index (χ4n) is 2.10. The van der Waals surface area contributed by atoms with Crippen molar-refractivity contribution in [2.45, 2.75) is 13.3 Å². The molecule has 0 saturated heterocycles. The molecule has 0 aliphatic carbocycles. The lowest BCUT2D eigenvalue weighted by Gasteiger charge is -2.08.